The molecule has 3 atom stereocenters. The van der Waals surface area contributed by atoms with Crippen molar-refractivity contribution in [2.24, 2.45) is 5.92 Å². The highest BCUT2D eigenvalue weighted by molar-refractivity contribution is 5.92. The highest BCUT2D eigenvalue weighted by atomic mass is 16.5. The molecule has 0 aromatic carbocycles. The molecule has 2 aromatic heterocycles. The van der Waals surface area contributed by atoms with Crippen molar-refractivity contribution in [2.45, 2.75) is 31.8 Å². The van der Waals surface area contributed by atoms with Crippen LogP contribution in [-0.2, 0) is 4.74 Å². The molecule has 4 rings (SSSR count). The molecule has 1 N–H and O–H groups in total. The third kappa shape index (κ3) is 2.63. The van der Waals surface area contributed by atoms with Crippen LogP contribution in [0.1, 0.15) is 41.0 Å². The van der Waals surface area contributed by atoms with Gasteiger partial charge in [-0.2, -0.15) is 5.10 Å². The Kier molecular flexibility index (Phi) is 3.60. The van der Waals surface area contributed by atoms with E-state index in [1.807, 2.05) is 4.90 Å². The fraction of sp³-hybridized carbons (Fsp3) is 0.600. The van der Waals surface area contributed by atoms with E-state index in [-0.39, 0.29) is 23.8 Å². The van der Waals surface area contributed by atoms with E-state index in [0.717, 1.165) is 12.8 Å². The van der Waals surface area contributed by atoms with Crippen molar-refractivity contribution in [1.82, 2.24) is 25.3 Å². The van der Waals surface area contributed by atoms with Crippen LogP contribution in [0, 0.1) is 12.8 Å². The summed E-state index contributed by atoms with van der Waals surface area (Å²) >= 11 is 0. The molecule has 23 heavy (non-hydrogen) atoms. The van der Waals surface area contributed by atoms with Gasteiger partial charge in [-0.25, -0.2) is 0 Å². The maximum Gasteiger partial charge on any atom is 0.271 e. The Balaban J connectivity index is 1.55. The van der Waals surface area contributed by atoms with Gasteiger partial charge in [0.05, 0.1) is 6.10 Å². The van der Waals surface area contributed by atoms with Gasteiger partial charge in [0.2, 0.25) is 11.8 Å². The number of fused-ring (bicyclic) bond motifs is 1. The van der Waals surface area contributed by atoms with Gasteiger partial charge in [-0.15, -0.1) is 10.2 Å². The number of carbonyl (C=O) groups excluding carboxylic acids is 1. The molecule has 0 spiro atoms. The Morgan fingerprint density at radius 2 is 2.30 bits per heavy atom. The first kappa shape index (κ1) is 14.4. The molecule has 2 fully saturated rings. The number of ether oxygens (including phenoxy) is 1. The van der Waals surface area contributed by atoms with Crippen LogP contribution >= 0.6 is 0 Å². The van der Waals surface area contributed by atoms with Crippen molar-refractivity contribution in [2.75, 3.05) is 19.7 Å². The third-order valence-electron chi connectivity index (χ3n) is 4.75. The van der Waals surface area contributed by atoms with E-state index in [2.05, 4.69) is 20.4 Å². The summed E-state index contributed by atoms with van der Waals surface area (Å²) in [6.07, 6.45) is 3.41. The second-order valence-electron chi connectivity index (χ2n) is 6.14. The molecule has 2 aliphatic heterocycles. The molecule has 122 valence electrons. The van der Waals surface area contributed by atoms with E-state index in [0.29, 0.717) is 37.2 Å². The van der Waals surface area contributed by atoms with Gasteiger partial charge in [-0.05, 0) is 18.9 Å². The lowest BCUT2D eigenvalue weighted by Crippen LogP contribution is -2.51. The number of carbonyl (C=O) groups is 1. The summed E-state index contributed by atoms with van der Waals surface area (Å²) in [5, 5.41) is 14.7. The van der Waals surface area contributed by atoms with Gasteiger partial charge in [-0.1, -0.05) is 0 Å². The van der Waals surface area contributed by atoms with Gasteiger partial charge in [0, 0.05) is 44.7 Å². The zero-order valence-electron chi connectivity index (χ0n) is 12.9. The van der Waals surface area contributed by atoms with Crippen molar-refractivity contribution in [1.29, 1.82) is 0 Å². The van der Waals surface area contributed by atoms with Crippen LogP contribution in [0.5, 0.6) is 0 Å². The molecule has 8 nitrogen and oxygen atoms in total. The van der Waals surface area contributed by atoms with Crippen LogP contribution in [0.25, 0.3) is 0 Å². The summed E-state index contributed by atoms with van der Waals surface area (Å²) in [6.45, 7) is 3.81. The van der Waals surface area contributed by atoms with Crippen molar-refractivity contribution in [3.8, 4) is 0 Å². The van der Waals surface area contributed by atoms with Crippen LogP contribution in [0.4, 0.5) is 0 Å². The summed E-state index contributed by atoms with van der Waals surface area (Å²) in [5.74, 6) is 1.55. The first-order valence-electron chi connectivity index (χ1n) is 7.92. The molecule has 0 unspecified atom stereocenters. The molecule has 2 saturated heterocycles. The summed E-state index contributed by atoms with van der Waals surface area (Å²) in [6, 6.07) is 1.70. The molecule has 2 aliphatic rings. The largest absolute Gasteiger partial charge is 0.425 e. The number of rotatable bonds is 2. The first-order valence-corrected chi connectivity index (χ1v) is 7.92. The molecule has 0 radical (unpaired) electrons. The molecule has 8 heteroatoms. The number of aromatic nitrogens is 4. The summed E-state index contributed by atoms with van der Waals surface area (Å²) < 4.78 is 11.6. The van der Waals surface area contributed by atoms with Gasteiger partial charge in [0.25, 0.3) is 5.91 Å². The second kappa shape index (κ2) is 5.77. The number of H-pyrrole nitrogens is 1. The van der Waals surface area contributed by atoms with E-state index in [1.165, 1.54) is 0 Å². The van der Waals surface area contributed by atoms with Crippen molar-refractivity contribution in [3.63, 3.8) is 0 Å². The van der Waals surface area contributed by atoms with Gasteiger partial charge in [0.15, 0.2) is 0 Å². The zero-order chi connectivity index (χ0) is 15.8. The van der Waals surface area contributed by atoms with Gasteiger partial charge in [0.1, 0.15) is 5.69 Å². The minimum Gasteiger partial charge on any atom is -0.425 e. The highest BCUT2D eigenvalue weighted by Crippen LogP contribution is 2.39. The zero-order valence-corrected chi connectivity index (χ0v) is 12.9. The molecule has 1 amide bonds. The predicted molar refractivity (Wildman–Crippen MR) is 78.7 cm³/mol. The average molecular weight is 317 g/mol. The minimum atomic E-state index is -0.0213. The van der Waals surface area contributed by atoms with E-state index < -0.39 is 0 Å². The topological polar surface area (TPSA) is 97.1 Å². The lowest BCUT2D eigenvalue weighted by atomic mass is 9.79. The number of aryl methyl sites for hydroxylation is 1. The third-order valence-corrected chi connectivity index (χ3v) is 4.75. The summed E-state index contributed by atoms with van der Waals surface area (Å²) in [7, 11) is 0. The molecule has 0 aliphatic carbocycles. The Morgan fingerprint density at radius 3 is 3.04 bits per heavy atom. The Labute approximate surface area is 133 Å². The fourth-order valence-electron chi connectivity index (χ4n) is 3.61. The van der Waals surface area contributed by atoms with Crippen molar-refractivity contribution < 1.29 is 13.9 Å². The quantitative estimate of drug-likeness (QED) is 0.892. The van der Waals surface area contributed by atoms with Gasteiger partial charge >= 0.3 is 0 Å². The predicted octanol–water partition coefficient (Wildman–Crippen LogP) is 1.14. The monoisotopic (exact) mass is 317 g/mol. The maximum absolute atomic E-state index is 12.5. The van der Waals surface area contributed by atoms with E-state index >= 15 is 0 Å². The maximum atomic E-state index is 12.5. The van der Waals surface area contributed by atoms with Crippen LogP contribution < -0.4 is 0 Å². The number of nitrogens with one attached hydrogen (secondary N) is 1. The van der Waals surface area contributed by atoms with E-state index in [9.17, 15) is 4.79 Å². The number of nitrogens with zero attached hydrogens (tertiary/aromatic N) is 4. The molecular formula is C15H19N5O3. The Bertz CT molecular complexity index is 683. The summed E-state index contributed by atoms with van der Waals surface area (Å²) in [5.41, 5.74) is 0.519. The van der Waals surface area contributed by atoms with Crippen LogP contribution in [0.3, 0.4) is 0 Å². The molecule has 4 heterocycles. The molecule has 0 bridgehead atoms. The standard InChI is InChI=1S/C15H19N5O3/c1-9-17-19-14(23-9)10-4-7-22-13-3-6-20(8-11(10)13)15(21)12-2-5-16-18-12/h2,5,10-11,13H,3-4,6-8H2,1H3,(H,16,18)/t10-,11-,13-/m1/s1. The lowest BCUT2D eigenvalue weighted by molar-refractivity contribution is -0.0752. The molecular weight excluding hydrogens is 298 g/mol. The van der Waals surface area contributed by atoms with E-state index in [4.69, 9.17) is 9.15 Å². The highest BCUT2D eigenvalue weighted by Gasteiger charge is 2.42. The van der Waals surface area contributed by atoms with Crippen molar-refractivity contribution in [3.05, 3.63) is 29.7 Å². The summed E-state index contributed by atoms with van der Waals surface area (Å²) in [4.78, 5) is 14.4. The fourth-order valence-corrected chi connectivity index (χ4v) is 3.61. The number of aromatic amines is 1. The SMILES string of the molecule is Cc1nnc([C@@H]2CCO[C@@H]3CCN(C(=O)c4ccn[nH]4)C[C@@H]32)o1. The van der Waals surface area contributed by atoms with Crippen LogP contribution in [0.15, 0.2) is 16.7 Å². The number of hydrogen-bond acceptors (Lipinski definition) is 6. The number of likely N-dealkylation sites (tertiary alicyclic amines) is 1. The van der Waals surface area contributed by atoms with Crippen molar-refractivity contribution >= 4 is 5.91 Å². The number of amides is 1. The second-order valence-corrected chi connectivity index (χ2v) is 6.14. The molecule has 0 saturated carbocycles. The first-order chi connectivity index (χ1) is 11.2. The van der Waals surface area contributed by atoms with Gasteiger partial charge < -0.3 is 14.1 Å². The van der Waals surface area contributed by atoms with Crippen LogP contribution in [0.2, 0.25) is 0 Å². The average Bonchev–Trinajstić information content (AvgIpc) is 3.24. The Morgan fingerprint density at radius 1 is 1.39 bits per heavy atom. The smallest absolute Gasteiger partial charge is 0.271 e. The number of piperidine rings is 1. The lowest BCUT2D eigenvalue weighted by Gasteiger charge is -2.43. The number of hydrogen-bond donors (Lipinski definition) is 1. The minimum absolute atomic E-state index is 0.0213. The molecule has 2 aromatic rings. The normalized spacial score (nSPS) is 27.7. The Hall–Kier alpha value is -2.22. The van der Waals surface area contributed by atoms with Gasteiger partial charge in [-0.3, -0.25) is 9.89 Å². The van der Waals surface area contributed by atoms with E-state index in [1.54, 1.807) is 19.2 Å². The van der Waals surface area contributed by atoms with Crippen LogP contribution in [-0.4, -0.2) is 57.0 Å².